The summed E-state index contributed by atoms with van der Waals surface area (Å²) in [6.07, 6.45) is 0. The summed E-state index contributed by atoms with van der Waals surface area (Å²) in [6.45, 7) is 0. The average Bonchev–Trinajstić information content (AvgIpc) is 2.84. The topological polar surface area (TPSA) is 84.5 Å². The summed E-state index contributed by atoms with van der Waals surface area (Å²) in [6, 6.07) is 19.8. The van der Waals surface area contributed by atoms with Gasteiger partial charge in [0.15, 0.2) is 0 Å². The highest BCUT2D eigenvalue weighted by Gasteiger charge is 2.21. The second-order valence-electron chi connectivity index (χ2n) is 7.50. The smallest absolute Gasteiger partial charge is 0.261 e. The molecule has 0 saturated heterocycles. The van der Waals surface area contributed by atoms with Crippen molar-refractivity contribution in [1.29, 1.82) is 0 Å². The third kappa shape index (κ3) is 6.71. The first-order valence-electron chi connectivity index (χ1n) is 10.3. The first-order valence-corrected chi connectivity index (χ1v) is 14.1. The predicted octanol–water partition coefficient (Wildman–Crippen LogP) is 8.91. The van der Waals surface area contributed by atoms with Crippen LogP contribution in [0.3, 0.4) is 0 Å². The second-order valence-corrected chi connectivity index (χ2v) is 11.7. The number of rotatable bonds is 7. The Balaban J connectivity index is 1.57. The molecule has 0 fully saturated rings. The molecule has 4 rings (SSSR count). The molecule has 6 nitrogen and oxygen atoms in total. The van der Waals surface area contributed by atoms with E-state index in [1.54, 1.807) is 30.3 Å². The Morgan fingerprint density at radius 3 is 2.19 bits per heavy atom. The van der Waals surface area contributed by atoms with Crippen LogP contribution in [-0.4, -0.2) is 14.3 Å². The lowest BCUT2D eigenvalue weighted by molar-refractivity contribution is 0.102. The summed E-state index contributed by atoms with van der Waals surface area (Å²) in [5.41, 5.74) is 0.256. The Morgan fingerprint density at radius 1 is 0.811 bits per heavy atom. The molecule has 0 aliphatic rings. The maximum atomic E-state index is 13.1. The molecule has 4 aromatic rings. The molecule has 190 valence electrons. The number of hydrogen-bond acceptors (Lipinski definition) is 4. The largest absolute Gasteiger partial charge is 0.456 e. The first-order chi connectivity index (χ1) is 17.5. The lowest BCUT2D eigenvalue weighted by Crippen LogP contribution is -2.19. The van der Waals surface area contributed by atoms with Gasteiger partial charge in [0, 0.05) is 14.5 Å². The van der Waals surface area contributed by atoms with Crippen molar-refractivity contribution < 1.29 is 17.9 Å². The summed E-state index contributed by atoms with van der Waals surface area (Å²) in [5.74, 6) is 0.180. The maximum Gasteiger partial charge on any atom is 0.261 e. The summed E-state index contributed by atoms with van der Waals surface area (Å²) < 4.78 is 34.8. The number of ether oxygens (including phenoxy) is 1. The first kappa shape index (κ1) is 27.6. The highest BCUT2D eigenvalue weighted by atomic mass is 79.9. The molecule has 0 spiro atoms. The van der Waals surface area contributed by atoms with Gasteiger partial charge in [-0.15, -0.1) is 0 Å². The van der Waals surface area contributed by atoms with Crippen LogP contribution in [0.4, 0.5) is 11.4 Å². The van der Waals surface area contributed by atoms with Crippen LogP contribution in [-0.2, 0) is 10.0 Å². The van der Waals surface area contributed by atoms with Gasteiger partial charge in [0.05, 0.1) is 31.9 Å². The summed E-state index contributed by atoms with van der Waals surface area (Å²) >= 11 is 27.7. The van der Waals surface area contributed by atoms with Gasteiger partial charge in [-0.25, -0.2) is 8.42 Å². The van der Waals surface area contributed by atoms with E-state index in [1.807, 2.05) is 0 Å². The van der Waals surface area contributed by atoms with Crippen molar-refractivity contribution >= 4 is 89.6 Å². The quantitative estimate of drug-likeness (QED) is 0.207. The van der Waals surface area contributed by atoms with Crippen molar-refractivity contribution in [2.75, 3.05) is 10.0 Å². The zero-order valence-electron chi connectivity index (χ0n) is 18.4. The average molecular weight is 661 g/mol. The van der Waals surface area contributed by atoms with Crippen molar-refractivity contribution in [2.45, 2.75) is 4.90 Å². The Kier molecular flexibility index (Phi) is 8.58. The number of amides is 1. The molecule has 37 heavy (non-hydrogen) atoms. The molecule has 2 N–H and O–H groups in total. The fourth-order valence-corrected chi connectivity index (χ4v) is 5.95. The van der Waals surface area contributed by atoms with E-state index in [1.165, 1.54) is 48.5 Å². The number of sulfonamides is 1. The molecular weight excluding hydrogens is 646 g/mol. The van der Waals surface area contributed by atoms with Crippen LogP contribution in [0.25, 0.3) is 0 Å². The van der Waals surface area contributed by atoms with Gasteiger partial charge in [-0.05, 0) is 82.7 Å². The van der Waals surface area contributed by atoms with E-state index in [2.05, 4.69) is 26.0 Å². The van der Waals surface area contributed by atoms with Crippen LogP contribution in [0, 0.1) is 0 Å². The van der Waals surface area contributed by atoms with Crippen LogP contribution in [0.15, 0.2) is 88.2 Å². The minimum absolute atomic E-state index is 0.0134. The summed E-state index contributed by atoms with van der Waals surface area (Å²) in [4.78, 5) is 13.0. The van der Waals surface area contributed by atoms with Crippen LogP contribution in [0.1, 0.15) is 10.4 Å². The van der Waals surface area contributed by atoms with E-state index in [0.29, 0.717) is 26.0 Å². The van der Waals surface area contributed by atoms with Gasteiger partial charge in [-0.2, -0.15) is 0 Å². The normalized spacial score (nSPS) is 11.2. The van der Waals surface area contributed by atoms with Crippen molar-refractivity contribution in [2.24, 2.45) is 0 Å². The van der Waals surface area contributed by atoms with E-state index in [-0.39, 0.29) is 31.9 Å². The summed E-state index contributed by atoms with van der Waals surface area (Å²) in [7, 11) is -4.08. The molecule has 0 aliphatic heterocycles. The Bertz CT molecular complexity index is 1580. The SMILES string of the molecule is O=C(Nc1c(Cl)cc(Cl)cc1Br)c1cc(Cl)ccc1NS(=O)(=O)c1ccc(Oc2ccccc2Cl)cc1. The zero-order chi connectivity index (χ0) is 26.7. The van der Waals surface area contributed by atoms with Gasteiger partial charge in [-0.1, -0.05) is 58.5 Å². The molecule has 0 aromatic heterocycles. The Labute approximate surface area is 241 Å². The monoisotopic (exact) mass is 658 g/mol. The molecule has 0 unspecified atom stereocenters. The number of anilines is 2. The number of carbonyl (C=O) groups is 1. The van der Waals surface area contributed by atoms with Crippen LogP contribution in [0.5, 0.6) is 11.5 Å². The van der Waals surface area contributed by atoms with E-state index in [4.69, 9.17) is 51.1 Å². The van der Waals surface area contributed by atoms with E-state index in [0.717, 1.165) is 0 Å². The van der Waals surface area contributed by atoms with Crippen molar-refractivity contribution in [3.63, 3.8) is 0 Å². The second kappa shape index (κ2) is 11.5. The van der Waals surface area contributed by atoms with Crippen molar-refractivity contribution in [3.05, 3.63) is 109 Å². The fourth-order valence-electron chi connectivity index (χ4n) is 3.18. The van der Waals surface area contributed by atoms with Gasteiger partial charge < -0.3 is 10.1 Å². The third-order valence-electron chi connectivity index (χ3n) is 4.91. The Morgan fingerprint density at radius 2 is 1.51 bits per heavy atom. The third-order valence-corrected chi connectivity index (χ3v) is 7.98. The van der Waals surface area contributed by atoms with Gasteiger partial charge in [-0.3, -0.25) is 9.52 Å². The Hall–Kier alpha value is -2.46. The molecule has 0 saturated carbocycles. The number of nitrogens with one attached hydrogen (secondary N) is 2. The molecule has 0 aliphatic carbocycles. The molecule has 4 aromatic carbocycles. The fraction of sp³-hybridized carbons (Fsp3) is 0. The maximum absolute atomic E-state index is 13.1. The van der Waals surface area contributed by atoms with Crippen LogP contribution >= 0.6 is 62.3 Å². The van der Waals surface area contributed by atoms with Crippen molar-refractivity contribution in [1.82, 2.24) is 0 Å². The molecule has 1 amide bonds. The highest BCUT2D eigenvalue weighted by molar-refractivity contribution is 9.10. The van der Waals surface area contributed by atoms with Crippen LogP contribution < -0.4 is 14.8 Å². The zero-order valence-corrected chi connectivity index (χ0v) is 23.9. The molecule has 0 radical (unpaired) electrons. The summed E-state index contributed by atoms with van der Waals surface area (Å²) in [5, 5.41) is 3.86. The lowest BCUT2D eigenvalue weighted by atomic mass is 10.1. The number of carbonyl (C=O) groups excluding carboxylic acids is 1. The number of benzene rings is 4. The van der Waals surface area contributed by atoms with E-state index < -0.39 is 15.9 Å². The van der Waals surface area contributed by atoms with Gasteiger partial charge in [0.2, 0.25) is 0 Å². The number of halogens is 5. The van der Waals surface area contributed by atoms with Gasteiger partial charge in [0.25, 0.3) is 15.9 Å². The molecule has 12 heteroatoms. The molecule has 0 bridgehead atoms. The van der Waals surface area contributed by atoms with E-state index >= 15 is 0 Å². The van der Waals surface area contributed by atoms with Crippen LogP contribution in [0.2, 0.25) is 20.1 Å². The van der Waals surface area contributed by atoms with Gasteiger partial charge >= 0.3 is 0 Å². The van der Waals surface area contributed by atoms with Gasteiger partial charge in [0.1, 0.15) is 11.5 Å². The highest BCUT2D eigenvalue weighted by Crippen LogP contribution is 2.35. The molecule has 0 atom stereocenters. The predicted molar refractivity (Wildman–Crippen MR) is 152 cm³/mol. The standard InChI is InChI=1S/C25H15BrCl4N2O4S/c26-19-12-15(28)13-21(30)24(19)31-25(33)18-11-14(27)5-10-22(18)32-37(34,35)17-8-6-16(7-9-17)36-23-4-2-1-3-20(23)29/h1-13,32H,(H,31,33). The lowest BCUT2D eigenvalue weighted by Gasteiger charge is -2.15. The van der Waals surface area contributed by atoms with E-state index in [9.17, 15) is 13.2 Å². The van der Waals surface area contributed by atoms with Crippen molar-refractivity contribution in [3.8, 4) is 11.5 Å². The number of para-hydroxylation sites is 1. The minimum atomic E-state index is -4.08. The number of hydrogen-bond donors (Lipinski definition) is 2. The minimum Gasteiger partial charge on any atom is -0.456 e. The molecular formula is C25H15BrCl4N2O4S. The molecule has 0 heterocycles.